The van der Waals surface area contributed by atoms with Crippen molar-refractivity contribution in [3.8, 4) is 5.75 Å². The van der Waals surface area contributed by atoms with Crippen molar-refractivity contribution in [2.24, 2.45) is 0 Å². The van der Waals surface area contributed by atoms with Crippen LogP contribution in [0.1, 0.15) is 31.4 Å². The number of rotatable bonds is 4. The van der Waals surface area contributed by atoms with Crippen molar-refractivity contribution in [1.82, 2.24) is 4.90 Å². The highest BCUT2D eigenvalue weighted by atomic mass is 16.5. The van der Waals surface area contributed by atoms with Gasteiger partial charge >= 0.3 is 0 Å². The summed E-state index contributed by atoms with van der Waals surface area (Å²) in [6.45, 7) is 3.56. The van der Waals surface area contributed by atoms with Crippen molar-refractivity contribution in [1.29, 1.82) is 0 Å². The van der Waals surface area contributed by atoms with E-state index in [2.05, 4.69) is 0 Å². The monoisotopic (exact) mass is 265 g/mol. The molecule has 0 atom stereocenters. The van der Waals surface area contributed by atoms with E-state index in [0.29, 0.717) is 12.2 Å². The molecule has 0 aromatic carbocycles. The van der Waals surface area contributed by atoms with Crippen LogP contribution in [0.3, 0.4) is 0 Å². The van der Waals surface area contributed by atoms with Crippen LogP contribution in [0.25, 0.3) is 0 Å². The summed E-state index contributed by atoms with van der Waals surface area (Å²) in [4.78, 5) is 25.3. The Bertz CT molecular complexity index is 488. The zero-order chi connectivity index (χ0) is 13.7. The number of hydrogen-bond donors (Lipinski definition) is 0. The van der Waals surface area contributed by atoms with Gasteiger partial charge in [0.05, 0.1) is 19.3 Å². The molecular weight excluding hydrogens is 246 g/mol. The molecule has 1 aromatic heterocycles. The van der Waals surface area contributed by atoms with Crippen molar-refractivity contribution in [2.75, 3.05) is 19.7 Å². The second-order valence-corrected chi connectivity index (χ2v) is 4.71. The molecule has 1 aromatic rings. The van der Waals surface area contributed by atoms with Crippen LogP contribution in [0, 0.1) is 6.92 Å². The van der Waals surface area contributed by atoms with E-state index in [-0.39, 0.29) is 23.7 Å². The molecule has 0 aliphatic carbocycles. The first-order valence-electron chi connectivity index (χ1n) is 6.67. The Hall–Kier alpha value is -1.78. The molecule has 0 radical (unpaired) electrons. The Labute approximate surface area is 112 Å². The molecule has 1 amide bonds. The minimum absolute atomic E-state index is 0.0951. The minimum atomic E-state index is -0.214. The van der Waals surface area contributed by atoms with Crippen molar-refractivity contribution >= 4 is 5.91 Å². The Kier molecular flexibility index (Phi) is 4.60. The lowest BCUT2D eigenvalue weighted by Gasteiger charge is -2.26. The van der Waals surface area contributed by atoms with Gasteiger partial charge in [0.15, 0.2) is 0 Å². The molecule has 104 valence electrons. The van der Waals surface area contributed by atoms with E-state index in [1.54, 1.807) is 6.92 Å². The van der Waals surface area contributed by atoms with Crippen LogP contribution in [0.15, 0.2) is 21.5 Å². The van der Waals surface area contributed by atoms with Crippen molar-refractivity contribution in [2.45, 2.75) is 32.6 Å². The number of ether oxygens (including phenoxy) is 1. The molecule has 19 heavy (non-hydrogen) atoms. The third kappa shape index (κ3) is 3.59. The average molecular weight is 265 g/mol. The lowest BCUT2D eigenvalue weighted by atomic mass is 10.1. The van der Waals surface area contributed by atoms with Gasteiger partial charge in [-0.3, -0.25) is 9.59 Å². The molecule has 1 aliphatic heterocycles. The number of carbonyl (C=O) groups is 1. The average Bonchev–Trinajstić information content (AvgIpc) is 2.43. The Balaban J connectivity index is 1.83. The van der Waals surface area contributed by atoms with E-state index < -0.39 is 0 Å². The Morgan fingerprint density at radius 3 is 2.79 bits per heavy atom. The van der Waals surface area contributed by atoms with E-state index in [9.17, 15) is 9.59 Å². The fourth-order valence-electron chi connectivity index (χ4n) is 2.22. The van der Waals surface area contributed by atoms with Crippen LogP contribution < -0.4 is 10.2 Å². The number of amides is 1. The maximum atomic E-state index is 11.9. The van der Waals surface area contributed by atoms with Crippen LogP contribution in [0.2, 0.25) is 0 Å². The van der Waals surface area contributed by atoms with E-state index in [1.807, 2.05) is 4.90 Å². The second-order valence-electron chi connectivity index (χ2n) is 4.71. The van der Waals surface area contributed by atoms with Crippen LogP contribution in [0.4, 0.5) is 0 Å². The maximum Gasteiger partial charge on any atom is 0.226 e. The van der Waals surface area contributed by atoms with Crippen LogP contribution in [-0.2, 0) is 4.79 Å². The number of hydrogen-bond acceptors (Lipinski definition) is 4. The number of likely N-dealkylation sites (tertiary alicyclic amines) is 1. The summed E-state index contributed by atoms with van der Waals surface area (Å²) in [7, 11) is 0. The molecule has 1 aliphatic rings. The van der Waals surface area contributed by atoms with E-state index >= 15 is 0 Å². The van der Waals surface area contributed by atoms with Crippen molar-refractivity contribution < 1.29 is 13.9 Å². The topological polar surface area (TPSA) is 59.8 Å². The summed E-state index contributed by atoms with van der Waals surface area (Å²) in [5.41, 5.74) is -0.214. The molecule has 0 spiro atoms. The smallest absolute Gasteiger partial charge is 0.226 e. The maximum absolute atomic E-state index is 11.9. The molecule has 0 unspecified atom stereocenters. The van der Waals surface area contributed by atoms with Gasteiger partial charge in [0.2, 0.25) is 17.1 Å². The van der Waals surface area contributed by atoms with E-state index in [0.717, 1.165) is 25.9 Å². The third-order valence-electron chi connectivity index (χ3n) is 3.28. The number of aryl methyl sites for hydroxylation is 1. The molecule has 1 fully saturated rings. The third-order valence-corrected chi connectivity index (χ3v) is 3.28. The Morgan fingerprint density at radius 2 is 2.11 bits per heavy atom. The fourth-order valence-corrected chi connectivity index (χ4v) is 2.22. The Morgan fingerprint density at radius 1 is 1.37 bits per heavy atom. The zero-order valence-corrected chi connectivity index (χ0v) is 11.2. The molecule has 5 heteroatoms. The summed E-state index contributed by atoms with van der Waals surface area (Å²) >= 11 is 0. The molecule has 2 rings (SSSR count). The first-order valence-corrected chi connectivity index (χ1v) is 6.67. The first-order chi connectivity index (χ1) is 9.18. The van der Waals surface area contributed by atoms with Crippen LogP contribution in [-0.4, -0.2) is 30.5 Å². The summed E-state index contributed by atoms with van der Waals surface area (Å²) in [5, 5.41) is 0. The number of carbonyl (C=O) groups excluding carboxylic acids is 1. The predicted molar refractivity (Wildman–Crippen MR) is 70.3 cm³/mol. The number of piperidine rings is 1. The highest BCUT2D eigenvalue weighted by Crippen LogP contribution is 2.12. The van der Waals surface area contributed by atoms with Gasteiger partial charge in [-0.2, -0.15) is 0 Å². The lowest BCUT2D eigenvalue weighted by molar-refractivity contribution is -0.132. The SMILES string of the molecule is Cc1occc(=O)c1OCCC(=O)N1CCCCC1. The molecule has 1 saturated heterocycles. The molecule has 0 N–H and O–H groups in total. The molecule has 5 nitrogen and oxygen atoms in total. The van der Waals surface area contributed by atoms with Gasteiger partial charge < -0.3 is 14.1 Å². The fraction of sp³-hybridized carbons (Fsp3) is 0.571. The van der Waals surface area contributed by atoms with Gasteiger partial charge in [0.25, 0.3) is 0 Å². The number of nitrogens with zero attached hydrogens (tertiary/aromatic N) is 1. The largest absolute Gasteiger partial charge is 0.486 e. The van der Waals surface area contributed by atoms with Crippen LogP contribution in [0.5, 0.6) is 5.75 Å². The van der Waals surface area contributed by atoms with E-state index in [4.69, 9.17) is 9.15 Å². The van der Waals surface area contributed by atoms with Gasteiger partial charge in [-0.1, -0.05) is 0 Å². The summed E-state index contributed by atoms with van der Waals surface area (Å²) in [6, 6.07) is 1.31. The predicted octanol–water partition coefficient (Wildman–Crippen LogP) is 1.73. The van der Waals surface area contributed by atoms with E-state index in [1.165, 1.54) is 18.8 Å². The molecule has 0 saturated carbocycles. The zero-order valence-electron chi connectivity index (χ0n) is 11.2. The second kappa shape index (κ2) is 6.41. The van der Waals surface area contributed by atoms with Gasteiger partial charge in [-0.15, -0.1) is 0 Å². The first kappa shape index (κ1) is 13.6. The van der Waals surface area contributed by atoms with Gasteiger partial charge in [-0.25, -0.2) is 0 Å². The van der Waals surface area contributed by atoms with Gasteiger partial charge in [0, 0.05) is 19.2 Å². The van der Waals surface area contributed by atoms with Crippen molar-refractivity contribution in [3.63, 3.8) is 0 Å². The minimum Gasteiger partial charge on any atom is -0.486 e. The molecular formula is C14H19NO4. The lowest BCUT2D eigenvalue weighted by Crippen LogP contribution is -2.36. The highest BCUT2D eigenvalue weighted by Gasteiger charge is 2.16. The summed E-state index contributed by atoms with van der Waals surface area (Å²) in [6.07, 6.45) is 4.99. The summed E-state index contributed by atoms with van der Waals surface area (Å²) in [5.74, 6) is 0.740. The standard InChI is InChI=1S/C14H19NO4/c1-11-14(12(16)5-9-18-11)19-10-6-13(17)15-7-3-2-4-8-15/h5,9H,2-4,6-8,10H2,1H3. The highest BCUT2D eigenvalue weighted by molar-refractivity contribution is 5.76. The van der Waals surface area contributed by atoms with Gasteiger partial charge in [-0.05, 0) is 26.2 Å². The van der Waals surface area contributed by atoms with Crippen LogP contribution >= 0.6 is 0 Å². The molecule has 2 heterocycles. The quantitative estimate of drug-likeness (QED) is 0.832. The van der Waals surface area contributed by atoms with Crippen molar-refractivity contribution in [3.05, 3.63) is 28.3 Å². The summed E-state index contributed by atoms with van der Waals surface area (Å²) < 4.78 is 10.5. The normalized spacial score (nSPS) is 15.3. The van der Waals surface area contributed by atoms with Gasteiger partial charge in [0.1, 0.15) is 5.76 Å². The molecule has 0 bridgehead atoms.